The Morgan fingerprint density at radius 2 is 2.16 bits per heavy atom. The standard InChI is InChI=1S/C18H24FNO5/c1-3-4-5-6-13(11-21)18(24)20-15(10-17(22)23)12-7-8-16(25-2)14(19)9-12/h3,7-9,13,15,21H,1,4-6,10-11H2,2H3,(H,20,24)(H,22,23)/t13?,15-/m0/s1. The third-order valence-corrected chi connectivity index (χ3v) is 3.83. The van der Waals surface area contributed by atoms with E-state index in [9.17, 15) is 19.1 Å². The molecule has 25 heavy (non-hydrogen) atoms. The second-order valence-corrected chi connectivity index (χ2v) is 5.65. The molecule has 0 aliphatic heterocycles. The number of rotatable bonds is 11. The third kappa shape index (κ3) is 6.54. The SMILES string of the molecule is C=CCCCC(CO)C(=O)N[C@@H](CC(=O)O)c1ccc(OC)c(F)c1. The van der Waals surface area contributed by atoms with Crippen LogP contribution < -0.4 is 10.1 Å². The van der Waals surface area contributed by atoms with Gasteiger partial charge < -0.3 is 20.3 Å². The van der Waals surface area contributed by atoms with Gasteiger partial charge in [-0.15, -0.1) is 6.58 Å². The maximum absolute atomic E-state index is 13.9. The van der Waals surface area contributed by atoms with Gasteiger partial charge in [-0.25, -0.2) is 4.39 Å². The Bertz CT molecular complexity index is 605. The van der Waals surface area contributed by atoms with Gasteiger partial charge in [-0.2, -0.15) is 0 Å². The molecule has 1 amide bonds. The molecule has 3 N–H and O–H groups in total. The highest BCUT2D eigenvalue weighted by atomic mass is 19.1. The Morgan fingerprint density at radius 3 is 2.68 bits per heavy atom. The van der Waals surface area contributed by atoms with E-state index in [-0.39, 0.29) is 12.4 Å². The number of hydrogen-bond acceptors (Lipinski definition) is 4. The molecule has 138 valence electrons. The maximum Gasteiger partial charge on any atom is 0.305 e. The highest BCUT2D eigenvalue weighted by Crippen LogP contribution is 2.24. The van der Waals surface area contributed by atoms with Crippen molar-refractivity contribution >= 4 is 11.9 Å². The summed E-state index contributed by atoms with van der Waals surface area (Å²) >= 11 is 0. The number of carbonyl (C=O) groups excluding carboxylic acids is 1. The molecule has 0 spiro atoms. The summed E-state index contributed by atoms with van der Waals surface area (Å²) < 4.78 is 18.7. The lowest BCUT2D eigenvalue weighted by atomic mass is 9.99. The van der Waals surface area contributed by atoms with Crippen molar-refractivity contribution in [3.63, 3.8) is 0 Å². The predicted octanol–water partition coefficient (Wildman–Crippen LogP) is 2.43. The van der Waals surface area contributed by atoms with E-state index in [1.54, 1.807) is 6.08 Å². The molecule has 0 heterocycles. The Balaban J connectivity index is 2.91. The van der Waals surface area contributed by atoms with Crippen LogP contribution in [0.5, 0.6) is 5.75 Å². The quantitative estimate of drug-likeness (QED) is 0.419. The Morgan fingerprint density at radius 1 is 1.44 bits per heavy atom. The van der Waals surface area contributed by atoms with Gasteiger partial charge >= 0.3 is 5.97 Å². The molecule has 1 aromatic rings. The summed E-state index contributed by atoms with van der Waals surface area (Å²) in [5, 5.41) is 21.1. The fraction of sp³-hybridized carbons (Fsp3) is 0.444. The number of ether oxygens (including phenoxy) is 1. The monoisotopic (exact) mass is 353 g/mol. The van der Waals surface area contributed by atoms with Crippen molar-refractivity contribution in [2.45, 2.75) is 31.7 Å². The zero-order valence-electron chi connectivity index (χ0n) is 14.2. The van der Waals surface area contributed by atoms with E-state index in [1.807, 2.05) is 0 Å². The number of aliphatic hydroxyl groups excluding tert-OH is 1. The number of allylic oxidation sites excluding steroid dienone is 1. The Labute approximate surface area is 146 Å². The van der Waals surface area contributed by atoms with Crippen LogP contribution in [-0.2, 0) is 9.59 Å². The summed E-state index contributed by atoms with van der Waals surface area (Å²) in [5.74, 6) is -2.86. The summed E-state index contributed by atoms with van der Waals surface area (Å²) in [5.41, 5.74) is 0.317. The lowest BCUT2D eigenvalue weighted by Crippen LogP contribution is -2.36. The number of nitrogens with one attached hydrogen (secondary N) is 1. The summed E-state index contributed by atoms with van der Waals surface area (Å²) in [4.78, 5) is 23.4. The number of aliphatic hydroxyl groups is 1. The van der Waals surface area contributed by atoms with Crippen LogP contribution in [0.2, 0.25) is 0 Å². The van der Waals surface area contributed by atoms with Gasteiger partial charge in [0.05, 0.1) is 32.1 Å². The third-order valence-electron chi connectivity index (χ3n) is 3.83. The molecular weight excluding hydrogens is 329 g/mol. The highest BCUT2D eigenvalue weighted by Gasteiger charge is 2.24. The number of halogens is 1. The fourth-order valence-corrected chi connectivity index (χ4v) is 2.43. The number of aliphatic carboxylic acids is 1. The number of amides is 1. The Hall–Kier alpha value is -2.41. The van der Waals surface area contributed by atoms with Crippen molar-refractivity contribution in [2.24, 2.45) is 5.92 Å². The van der Waals surface area contributed by atoms with Gasteiger partial charge in [-0.3, -0.25) is 9.59 Å². The van der Waals surface area contributed by atoms with Gasteiger partial charge in [0, 0.05) is 0 Å². The molecule has 7 heteroatoms. The number of carbonyl (C=O) groups is 2. The Kier molecular flexibility index (Phi) is 8.63. The zero-order chi connectivity index (χ0) is 18.8. The van der Waals surface area contributed by atoms with Gasteiger partial charge in [0.2, 0.25) is 5.91 Å². The number of benzene rings is 1. The number of carboxylic acid groups (broad SMARTS) is 1. The van der Waals surface area contributed by atoms with Crippen LogP contribution in [0.15, 0.2) is 30.9 Å². The number of methoxy groups -OCH3 is 1. The van der Waals surface area contributed by atoms with E-state index >= 15 is 0 Å². The molecule has 0 aliphatic carbocycles. The number of carboxylic acids is 1. The van der Waals surface area contributed by atoms with E-state index in [4.69, 9.17) is 9.84 Å². The largest absolute Gasteiger partial charge is 0.494 e. The lowest BCUT2D eigenvalue weighted by molar-refractivity contribution is -0.138. The average Bonchev–Trinajstić information content (AvgIpc) is 2.57. The number of hydrogen-bond donors (Lipinski definition) is 3. The first kappa shape index (κ1) is 20.6. The normalized spacial score (nSPS) is 12.9. The van der Waals surface area contributed by atoms with E-state index in [0.717, 1.165) is 6.07 Å². The van der Waals surface area contributed by atoms with Gasteiger partial charge in [-0.1, -0.05) is 12.1 Å². The fourth-order valence-electron chi connectivity index (χ4n) is 2.43. The lowest BCUT2D eigenvalue weighted by Gasteiger charge is -2.21. The van der Waals surface area contributed by atoms with Gasteiger partial charge in [0.25, 0.3) is 0 Å². The van der Waals surface area contributed by atoms with Crippen LogP contribution in [0, 0.1) is 11.7 Å². The van der Waals surface area contributed by atoms with Crippen LogP contribution in [0.4, 0.5) is 4.39 Å². The minimum absolute atomic E-state index is 0.0295. The van der Waals surface area contributed by atoms with E-state index in [2.05, 4.69) is 11.9 Å². The summed E-state index contributed by atoms with van der Waals surface area (Å²) in [6, 6.07) is 3.11. The van der Waals surface area contributed by atoms with Crippen LogP contribution in [0.3, 0.4) is 0 Å². The molecule has 1 aromatic carbocycles. The minimum atomic E-state index is -1.13. The van der Waals surface area contributed by atoms with Crippen LogP contribution >= 0.6 is 0 Å². The van der Waals surface area contributed by atoms with Gasteiger partial charge in [0.15, 0.2) is 11.6 Å². The van der Waals surface area contributed by atoms with E-state index in [0.29, 0.717) is 24.8 Å². The zero-order valence-corrected chi connectivity index (χ0v) is 14.2. The van der Waals surface area contributed by atoms with Crippen molar-refractivity contribution in [3.8, 4) is 5.75 Å². The first-order valence-electron chi connectivity index (χ1n) is 8.00. The van der Waals surface area contributed by atoms with Crippen molar-refractivity contribution in [3.05, 3.63) is 42.2 Å². The molecular formula is C18H24FNO5. The molecule has 0 fully saturated rings. The van der Waals surface area contributed by atoms with Crippen molar-refractivity contribution < 1.29 is 28.9 Å². The molecule has 0 bridgehead atoms. The van der Waals surface area contributed by atoms with Crippen LogP contribution in [-0.4, -0.2) is 35.8 Å². The van der Waals surface area contributed by atoms with Crippen LogP contribution in [0.25, 0.3) is 0 Å². The molecule has 0 aromatic heterocycles. The van der Waals surface area contributed by atoms with Gasteiger partial charge in [0.1, 0.15) is 0 Å². The topological polar surface area (TPSA) is 95.9 Å². The average molecular weight is 353 g/mol. The molecule has 0 aliphatic rings. The predicted molar refractivity (Wildman–Crippen MR) is 90.7 cm³/mol. The summed E-state index contributed by atoms with van der Waals surface area (Å²) in [7, 11) is 1.32. The maximum atomic E-state index is 13.9. The molecule has 0 radical (unpaired) electrons. The second kappa shape index (κ2) is 10.5. The minimum Gasteiger partial charge on any atom is -0.494 e. The van der Waals surface area contributed by atoms with Crippen molar-refractivity contribution in [1.29, 1.82) is 0 Å². The molecule has 6 nitrogen and oxygen atoms in total. The van der Waals surface area contributed by atoms with Crippen molar-refractivity contribution in [2.75, 3.05) is 13.7 Å². The van der Waals surface area contributed by atoms with E-state index in [1.165, 1.54) is 19.2 Å². The molecule has 2 atom stereocenters. The first-order chi connectivity index (χ1) is 11.9. The van der Waals surface area contributed by atoms with Gasteiger partial charge in [-0.05, 0) is 37.0 Å². The number of unbranched alkanes of at least 4 members (excludes halogenated alkanes) is 1. The second-order valence-electron chi connectivity index (χ2n) is 5.65. The van der Waals surface area contributed by atoms with E-state index < -0.39 is 36.1 Å². The van der Waals surface area contributed by atoms with Crippen molar-refractivity contribution in [1.82, 2.24) is 5.32 Å². The molecule has 1 rings (SSSR count). The molecule has 0 saturated heterocycles. The summed E-state index contributed by atoms with van der Waals surface area (Å²) in [6.07, 6.45) is 3.17. The van der Waals surface area contributed by atoms with Crippen LogP contribution in [0.1, 0.15) is 37.3 Å². The highest BCUT2D eigenvalue weighted by molar-refractivity contribution is 5.80. The molecule has 0 saturated carbocycles. The smallest absolute Gasteiger partial charge is 0.305 e. The molecule has 1 unspecified atom stereocenters. The first-order valence-corrected chi connectivity index (χ1v) is 8.00. The summed E-state index contributed by atoms with van der Waals surface area (Å²) in [6.45, 7) is 3.25.